The third kappa shape index (κ3) is 1.88. The number of nitrogens with zero attached hydrogens (tertiary/aromatic N) is 3. The van der Waals surface area contributed by atoms with Gasteiger partial charge in [0.05, 0.1) is 11.4 Å². The van der Waals surface area contributed by atoms with E-state index in [9.17, 15) is 4.79 Å². The van der Waals surface area contributed by atoms with Crippen LogP contribution in [0.15, 0.2) is 23.4 Å². The smallest absolute Gasteiger partial charge is 0.291 e. The van der Waals surface area contributed by atoms with Crippen LogP contribution < -0.4 is 10.9 Å². The number of aromatic amines is 1. The van der Waals surface area contributed by atoms with Crippen LogP contribution in [-0.4, -0.2) is 19.7 Å². The highest BCUT2D eigenvalue weighted by Crippen LogP contribution is 2.14. The molecule has 2 rings (SSSR count). The average Bonchev–Trinajstić information content (AvgIpc) is 2.49. The lowest BCUT2D eigenvalue weighted by atomic mass is 10.4. The molecular weight excluding hydrogens is 194 g/mol. The molecular formula is C9H11N5O. The van der Waals surface area contributed by atoms with Crippen LogP contribution in [0.25, 0.3) is 0 Å². The van der Waals surface area contributed by atoms with Gasteiger partial charge in [-0.05, 0) is 6.92 Å². The number of hydrogen-bond donors (Lipinski definition) is 2. The van der Waals surface area contributed by atoms with Gasteiger partial charge in [0.15, 0.2) is 5.82 Å². The third-order valence-electron chi connectivity index (χ3n) is 1.97. The maximum atomic E-state index is 11.3. The normalized spacial score (nSPS) is 10.3. The number of aromatic nitrogens is 4. The lowest BCUT2D eigenvalue weighted by Crippen LogP contribution is -2.12. The molecule has 0 fully saturated rings. The molecule has 0 atom stereocenters. The zero-order valence-corrected chi connectivity index (χ0v) is 8.48. The molecule has 0 aliphatic heterocycles. The van der Waals surface area contributed by atoms with Gasteiger partial charge in [-0.15, -0.1) is 0 Å². The summed E-state index contributed by atoms with van der Waals surface area (Å²) in [5.74, 6) is 0.272. The molecule has 2 aromatic heterocycles. The number of rotatable bonds is 2. The van der Waals surface area contributed by atoms with E-state index in [1.165, 1.54) is 12.4 Å². The number of aryl methyl sites for hydroxylation is 2. The van der Waals surface area contributed by atoms with E-state index < -0.39 is 0 Å². The van der Waals surface area contributed by atoms with Crippen LogP contribution in [-0.2, 0) is 7.05 Å². The van der Waals surface area contributed by atoms with E-state index in [1.807, 2.05) is 14.0 Å². The molecule has 0 aliphatic rings. The topological polar surface area (TPSA) is 75.6 Å². The summed E-state index contributed by atoms with van der Waals surface area (Å²) in [4.78, 5) is 17.8. The first-order chi connectivity index (χ1) is 7.16. The van der Waals surface area contributed by atoms with Gasteiger partial charge in [0.2, 0.25) is 0 Å². The Kier molecular flexibility index (Phi) is 2.24. The fourth-order valence-electron chi connectivity index (χ4n) is 1.29. The fourth-order valence-corrected chi connectivity index (χ4v) is 1.29. The van der Waals surface area contributed by atoms with Crippen molar-refractivity contribution in [3.8, 4) is 0 Å². The van der Waals surface area contributed by atoms with Crippen molar-refractivity contribution in [2.75, 3.05) is 5.32 Å². The molecule has 0 saturated heterocycles. The molecule has 2 heterocycles. The van der Waals surface area contributed by atoms with E-state index in [0.717, 1.165) is 11.4 Å². The Labute approximate surface area is 86.0 Å². The molecule has 0 unspecified atom stereocenters. The first-order valence-corrected chi connectivity index (χ1v) is 4.48. The first kappa shape index (κ1) is 9.45. The Morgan fingerprint density at radius 2 is 2.33 bits per heavy atom. The Morgan fingerprint density at radius 1 is 1.53 bits per heavy atom. The van der Waals surface area contributed by atoms with Gasteiger partial charge in [-0.1, -0.05) is 0 Å². The summed E-state index contributed by atoms with van der Waals surface area (Å²) in [5.41, 5.74) is 1.35. The summed E-state index contributed by atoms with van der Waals surface area (Å²) in [5, 5.41) is 7.07. The molecule has 2 N–H and O–H groups in total. The third-order valence-corrected chi connectivity index (χ3v) is 1.97. The number of hydrogen-bond acceptors (Lipinski definition) is 4. The monoisotopic (exact) mass is 205 g/mol. The average molecular weight is 205 g/mol. The second-order valence-corrected chi connectivity index (χ2v) is 3.19. The Balaban J connectivity index is 2.34. The molecule has 0 aliphatic carbocycles. The molecule has 0 amide bonds. The summed E-state index contributed by atoms with van der Waals surface area (Å²) in [6.07, 6.45) is 4.81. The van der Waals surface area contributed by atoms with E-state index >= 15 is 0 Å². The first-order valence-electron chi connectivity index (χ1n) is 4.48. The van der Waals surface area contributed by atoms with Crippen molar-refractivity contribution in [1.29, 1.82) is 0 Å². The van der Waals surface area contributed by atoms with E-state index in [1.54, 1.807) is 10.9 Å². The quantitative estimate of drug-likeness (QED) is 0.751. The van der Waals surface area contributed by atoms with Gasteiger partial charge in [-0.3, -0.25) is 9.48 Å². The maximum absolute atomic E-state index is 11.3. The molecule has 0 saturated carbocycles. The summed E-state index contributed by atoms with van der Waals surface area (Å²) in [7, 11) is 1.82. The largest absolute Gasteiger partial charge is 0.333 e. The maximum Gasteiger partial charge on any atom is 0.291 e. The van der Waals surface area contributed by atoms with E-state index in [-0.39, 0.29) is 11.4 Å². The molecule has 0 aromatic carbocycles. The highest BCUT2D eigenvalue weighted by Gasteiger charge is 2.05. The van der Waals surface area contributed by atoms with Crippen LogP contribution in [0.3, 0.4) is 0 Å². The summed E-state index contributed by atoms with van der Waals surface area (Å²) in [6.45, 7) is 1.86. The molecule has 0 spiro atoms. The van der Waals surface area contributed by atoms with E-state index in [0.29, 0.717) is 0 Å². The number of H-pyrrole nitrogens is 1. The van der Waals surface area contributed by atoms with Gasteiger partial charge in [-0.2, -0.15) is 5.10 Å². The highest BCUT2D eigenvalue weighted by molar-refractivity contribution is 5.56. The van der Waals surface area contributed by atoms with Gasteiger partial charge >= 0.3 is 0 Å². The molecule has 0 bridgehead atoms. The van der Waals surface area contributed by atoms with Crippen LogP contribution in [0, 0.1) is 6.92 Å². The molecule has 6 heteroatoms. The van der Waals surface area contributed by atoms with Crippen LogP contribution in [0.1, 0.15) is 5.69 Å². The molecule has 78 valence electrons. The Hall–Kier alpha value is -2.11. The van der Waals surface area contributed by atoms with Crippen molar-refractivity contribution in [3.05, 3.63) is 34.6 Å². The predicted octanol–water partition coefficient (Wildman–Crippen LogP) is 0.555. The van der Waals surface area contributed by atoms with Gasteiger partial charge in [0.25, 0.3) is 5.56 Å². The number of nitrogens with one attached hydrogen (secondary N) is 2. The van der Waals surface area contributed by atoms with Crippen LogP contribution in [0.4, 0.5) is 11.5 Å². The Morgan fingerprint density at radius 3 is 2.93 bits per heavy atom. The fraction of sp³-hybridized carbons (Fsp3) is 0.222. The molecule has 0 radical (unpaired) electrons. The summed E-state index contributed by atoms with van der Waals surface area (Å²) < 4.78 is 1.68. The standard InChI is InChI=1S/C9H11N5O/c1-6-7(5-14(2)13-6)12-8-9(15)11-4-3-10-8/h3-5H,1-2H3,(H,10,12)(H,11,15). The van der Waals surface area contributed by atoms with Crippen molar-refractivity contribution in [1.82, 2.24) is 19.7 Å². The lowest BCUT2D eigenvalue weighted by Gasteiger charge is -2.00. The van der Waals surface area contributed by atoms with E-state index in [4.69, 9.17) is 0 Å². The second kappa shape index (κ2) is 3.56. The van der Waals surface area contributed by atoms with Crippen molar-refractivity contribution in [2.45, 2.75) is 6.92 Å². The van der Waals surface area contributed by atoms with Crippen LogP contribution in [0.2, 0.25) is 0 Å². The summed E-state index contributed by atoms with van der Waals surface area (Å²) >= 11 is 0. The van der Waals surface area contributed by atoms with Crippen LogP contribution >= 0.6 is 0 Å². The molecule has 6 nitrogen and oxygen atoms in total. The Bertz CT molecular complexity index is 527. The second-order valence-electron chi connectivity index (χ2n) is 3.19. The SMILES string of the molecule is Cc1nn(C)cc1Nc1ncc[nH]c1=O. The predicted molar refractivity (Wildman–Crippen MR) is 56.1 cm³/mol. The zero-order chi connectivity index (χ0) is 10.8. The highest BCUT2D eigenvalue weighted by atomic mass is 16.1. The van der Waals surface area contributed by atoms with Gasteiger partial charge in [-0.25, -0.2) is 4.98 Å². The minimum absolute atomic E-state index is 0.249. The summed E-state index contributed by atoms with van der Waals surface area (Å²) in [6, 6.07) is 0. The minimum Gasteiger partial charge on any atom is -0.333 e. The van der Waals surface area contributed by atoms with Crippen molar-refractivity contribution in [3.63, 3.8) is 0 Å². The lowest BCUT2D eigenvalue weighted by molar-refractivity contribution is 0.756. The van der Waals surface area contributed by atoms with Crippen molar-refractivity contribution < 1.29 is 0 Å². The van der Waals surface area contributed by atoms with Gasteiger partial charge < -0.3 is 10.3 Å². The van der Waals surface area contributed by atoms with Gasteiger partial charge in [0, 0.05) is 25.6 Å². The molecule has 15 heavy (non-hydrogen) atoms. The van der Waals surface area contributed by atoms with Crippen molar-refractivity contribution >= 4 is 11.5 Å². The van der Waals surface area contributed by atoms with E-state index in [2.05, 4.69) is 20.4 Å². The van der Waals surface area contributed by atoms with Gasteiger partial charge in [0.1, 0.15) is 0 Å². The number of anilines is 2. The van der Waals surface area contributed by atoms with Crippen molar-refractivity contribution in [2.24, 2.45) is 7.05 Å². The zero-order valence-electron chi connectivity index (χ0n) is 8.48. The van der Waals surface area contributed by atoms with Crippen LogP contribution in [0.5, 0.6) is 0 Å². The minimum atomic E-state index is -0.249. The molecule has 2 aromatic rings.